The Morgan fingerprint density at radius 3 is 2.67 bits per heavy atom. The summed E-state index contributed by atoms with van der Waals surface area (Å²) in [5.41, 5.74) is 7.87. The van der Waals surface area contributed by atoms with Crippen molar-refractivity contribution in [1.29, 1.82) is 0 Å². The number of hydrogen-bond donors (Lipinski definition) is 2. The summed E-state index contributed by atoms with van der Waals surface area (Å²) in [6, 6.07) is 5.24. The first-order chi connectivity index (χ1) is 10.9. The SMILES string of the molecule is Cc1ccc(C(=O)N(C)C)cc1NC(=O)c1csc(CCN)n1.Cl. The van der Waals surface area contributed by atoms with Crippen LogP contribution in [0.4, 0.5) is 5.69 Å². The quantitative estimate of drug-likeness (QED) is 0.847. The second kappa shape index (κ2) is 8.77. The lowest BCUT2D eigenvalue weighted by molar-refractivity contribution is 0.0827. The van der Waals surface area contributed by atoms with Crippen LogP contribution in [0.2, 0.25) is 0 Å². The van der Waals surface area contributed by atoms with E-state index in [-0.39, 0.29) is 24.2 Å². The van der Waals surface area contributed by atoms with E-state index >= 15 is 0 Å². The van der Waals surface area contributed by atoms with Crippen molar-refractivity contribution in [2.75, 3.05) is 26.0 Å². The Balaban J connectivity index is 0.00000288. The van der Waals surface area contributed by atoms with Crippen molar-refractivity contribution in [3.8, 4) is 0 Å². The van der Waals surface area contributed by atoms with Crippen LogP contribution in [0.15, 0.2) is 23.6 Å². The van der Waals surface area contributed by atoms with Gasteiger partial charge in [0.15, 0.2) is 0 Å². The van der Waals surface area contributed by atoms with E-state index in [1.165, 1.54) is 16.2 Å². The molecule has 6 nitrogen and oxygen atoms in total. The lowest BCUT2D eigenvalue weighted by Crippen LogP contribution is -2.22. The minimum atomic E-state index is -0.290. The van der Waals surface area contributed by atoms with Crippen molar-refractivity contribution < 1.29 is 9.59 Å². The molecule has 0 aliphatic rings. The predicted molar refractivity (Wildman–Crippen MR) is 99.3 cm³/mol. The van der Waals surface area contributed by atoms with Crippen molar-refractivity contribution in [3.63, 3.8) is 0 Å². The molecule has 1 aromatic carbocycles. The molecule has 0 unspecified atom stereocenters. The van der Waals surface area contributed by atoms with E-state index in [0.29, 0.717) is 29.9 Å². The third kappa shape index (κ3) is 4.77. The number of carbonyl (C=O) groups is 2. The molecule has 0 spiro atoms. The van der Waals surface area contributed by atoms with Crippen molar-refractivity contribution in [2.24, 2.45) is 5.73 Å². The first-order valence-corrected chi connectivity index (χ1v) is 8.08. The normalized spacial score (nSPS) is 10.0. The van der Waals surface area contributed by atoms with E-state index in [9.17, 15) is 9.59 Å². The standard InChI is InChI=1S/C16H20N4O2S.ClH/c1-10-4-5-11(16(22)20(2)3)8-12(10)19-15(21)13-9-23-14(18-13)6-7-17;/h4-5,8-9H,6-7,17H2,1-3H3,(H,19,21);1H. The topological polar surface area (TPSA) is 88.3 Å². The Bertz CT molecular complexity index is 731. The molecule has 24 heavy (non-hydrogen) atoms. The number of nitrogens with two attached hydrogens (primary N) is 1. The van der Waals surface area contributed by atoms with Crippen LogP contribution >= 0.6 is 23.7 Å². The summed E-state index contributed by atoms with van der Waals surface area (Å²) in [5, 5.41) is 5.37. The van der Waals surface area contributed by atoms with Gasteiger partial charge in [-0.3, -0.25) is 9.59 Å². The second-order valence-electron chi connectivity index (χ2n) is 5.35. The maximum Gasteiger partial charge on any atom is 0.275 e. The molecule has 0 atom stereocenters. The van der Waals surface area contributed by atoms with Crippen LogP contribution in [-0.2, 0) is 6.42 Å². The highest BCUT2D eigenvalue weighted by Gasteiger charge is 2.14. The molecule has 0 aliphatic heterocycles. The van der Waals surface area contributed by atoms with Crippen LogP contribution in [0.3, 0.4) is 0 Å². The lowest BCUT2D eigenvalue weighted by Gasteiger charge is -2.13. The molecule has 2 aromatic rings. The molecule has 0 saturated heterocycles. The van der Waals surface area contributed by atoms with Gasteiger partial charge in [0.1, 0.15) is 5.69 Å². The highest BCUT2D eigenvalue weighted by molar-refractivity contribution is 7.09. The zero-order valence-corrected chi connectivity index (χ0v) is 15.5. The zero-order valence-electron chi connectivity index (χ0n) is 13.8. The van der Waals surface area contributed by atoms with E-state index in [0.717, 1.165) is 10.6 Å². The number of nitrogens with zero attached hydrogens (tertiary/aromatic N) is 2. The first kappa shape index (κ1) is 20.1. The number of aromatic nitrogens is 1. The fraction of sp³-hybridized carbons (Fsp3) is 0.312. The van der Waals surface area contributed by atoms with Gasteiger partial charge < -0.3 is 16.0 Å². The molecule has 3 N–H and O–H groups in total. The highest BCUT2D eigenvalue weighted by Crippen LogP contribution is 2.19. The van der Waals surface area contributed by atoms with Crippen molar-refractivity contribution in [1.82, 2.24) is 9.88 Å². The van der Waals surface area contributed by atoms with Gasteiger partial charge >= 0.3 is 0 Å². The number of benzene rings is 1. The predicted octanol–water partition coefficient (Wildman–Crippen LogP) is 2.33. The largest absolute Gasteiger partial charge is 0.345 e. The minimum Gasteiger partial charge on any atom is -0.345 e. The average Bonchev–Trinajstić information content (AvgIpc) is 2.97. The summed E-state index contributed by atoms with van der Waals surface area (Å²) in [6.45, 7) is 2.38. The van der Waals surface area contributed by atoms with Gasteiger partial charge in [-0.1, -0.05) is 6.07 Å². The van der Waals surface area contributed by atoms with Gasteiger partial charge in [0.25, 0.3) is 11.8 Å². The molecule has 0 radical (unpaired) electrons. The number of amides is 2. The second-order valence-corrected chi connectivity index (χ2v) is 6.29. The van der Waals surface area contributed by atoms with Gasteiger partial charge in [-0.05, 0) is 31.2 Å². The summed E-state index contributed by atoms with van der Waals surface area (Å²) in [6.07, 6.45) is 0.657. The fourth-order valence-corrected chi connectivity index (χ4v) is 2.78. The third-order valence-corrected chi connectivity index (χ3v) is 4.19. The van der Waals surface area contributed by atoms with Gasteiger partial charge in [-0.2, -0.15) is 0 Å². The molecule has 2 amide bonds. The maximum absolute atomic E-state index is 12.3. The molecule has 130 valence electrons. The minimum absolute atomic E-state index is 0. The number of thiazole rings is 1. The number of carbonyl (C=O) groups excluding carboxylic acids is 2. The van der Waals surface area contributed by atoms with Crippen LogP contribution in [0.25, 0.3) is 0 Å². The smallest absolute Gasteiger partial charge is 0.275 e. The Morgan fingerprint density at radius 1 is 1.33 bits per heavy atom. The van der Waals surface area contributed by atoms with Crippen LogP contribution in [0.5, 0.6) is 0 Å². The molecular weight excluding hydrogens is 348 g/mol. The van der Waals surface area contributed by atoms with Crippen molar-refractivity contribution in [2.45, 2.75) is 13.3 Å². The molecule has 8 heteroatoms. The Morgan fingerprint density at radius 2 is 2.04 bits per heavy atom. The Kier molecular flexibility index (Phi) is 7.34. The van der Waals surface area contributed by atoms with Gasteiger partial charge in [-0.25, -0.2) is 4.98 Å². The monoisotopic (exact) mass is 368 g/mol. The summed E-state index contributed by atoms with van der Waals surface area (Å²) < 4.78 is 0. The third-order valence-electron chi connectivity index (χ3n) is 3.28. The van der Waals surface area contributed by atoms with Crippen LogP contribution in [0, 0.1) is 6.92 Å². The highest BCUT2D eigenvalue weighted by atomic mass is 35.5. The Labute approximate surface area is 151 Å². The molecule has 0 fully saturated rings. The van der Waals surface area contributed by atoms with Crippen LogP contribution in [0.1, 0.15) is 31.4 Å². The number of aryl methyl sites for hydroxylation is 1. The van der Waals surface area contributed by atoms with Gasteiger partial charge in [0.05, 0.1) is 5.01 Å². The van der Waals surface area contributed by atoms with E-state index in [1.807, 2.05) is 13.0 Å². The van der Waals surface area contributed by atoms with Crippen molar-refractivity contribution >= 4 is 41.2 Å². The molecule has 0 saturated carbocycles. The lowest BCUT2D eigenvalue weighted by atomic mass is 10.1. The first-order valence-electron chi connectivity index (χ1n) is 7.20. The molecule has 0 bridgehead atoms. The van der Waals surface area contributed by atoms with Gasteiger partial charge in [-0.15, -0.1) is 23.7 Å². The average molecular weight is 369 g/mol. The fourth-order valence-electron chi connectivity index (χ4n) is 1.99. The van der Waals surface area contributed by atoms with Gasteiger partial charge in [0.2, 0.25) is 0 Å². The van der Waals surface area contributed by atoms with Crippen LogP contribution in [-0.4, -0.2) is 42.3 Å². The van der Waals surface area contributed by atoms with E-state index in [2.05, 4.69) is 10.3 Å². The van der Waals surface area contributed by atoms with E-state index in [1.54, 1.807) is 31.6 Å². The molecule has 2 rings (SSSR count). The number of rotatable bonds is 5. The summed E-state index contributed by atoms with van der Waals surface area (Å²) >= 11 is 1.42. The van der Waals surface area contributed by atoms with Crippen LogP contribution < -0.4 is 11.1 Å². The molecule has 1 heterocycles. The Hall–Kier alpha value is -1.96. The number of hydrogen-bond acceptors (Lipinski definition) is 5. The molecule has 1 aromatic heterocycles. The number of anilines is 1. The molecule has 0 aliphatic carbocycles. The molecular formula is C16H21ClN4O2S. The van der Waals surface area contributed by atoms with E-state index < -0.39 is 0 Å². The summed E-state index contributed by atoms with van der Waals surface area (Å²) in [4.78, 5) is 30.1. The van der Waals surface area contributed by atoms with Gasteiger partial charge in [0, 0.05) is 37.1 Å². The number of halogens is 1. The van der Waals surface area contributed by atoms with Crippen molar-refractivity contribution in [3.05, 3.63) is 45.4 Å². The zero-order chi connectivity index (χ0) is 17.0. The summed E-state index contributed by atoms with van der Waals surface area (Å²) in [7, 11) is 3.38. The number of nitrogens with one attached hydrogen (secondary N) is 1. The maximum atomic E-state index is 12.3. The van der Waals surface area contributed by atoms with E-state index in [4.69, 9.17) is 5.73 Å². The summed E-state index contributed by atoms with van der Waals surface area (Å²) in [5.74, 6) is -0.401.